The summed E-state index contributed by atoms with van der Waals surface area (Å²) in [5, 5.41) is 5.96. The lowest BCUT2D eigenvalue weighted by atomic mass is 10.2. The zero-order chi connectivity index (χ0) is 14.1. The first kappa shape index (κ1) is 13.5. The summed E-state index contributed by atoms with van der Waals surface area (Å²) in [4.78, 5) is 0. The Kier molecular flexibility index (Phi) is 3.72. The number of nitrogens with one attached hydrogen (secondary N) is 1. The molecule has 1 aromatic heterocycles. The molecule has 1 N–H and O–H groups in total. The Balaban J connectivity index is 1.87. The maximum absolute atomic E-state index is 13.7. The molecule has 5 heteroatoms. The Bertz CT molecular complexity index is 746. The van der Waals surface area contributed by atoms with Gasteiger partial charge in [0.25, 0.3) is 0 Å². The third-order valence-corrected chi connectivity index (χ3v) is 4.49. The molecule has 0 bridgehead atoms. The molecule has 1 nitrogen and oxygen atoms in total. The summed E-state index contributed by atoms with van der Waals surface area (Å²) < 4.78 is 29.0. The zero-order valence-electron chi connectivity index (χ0n) is 10.3. The van der Waals surface area contributed by atoms with Crippen LogP contribution in [-0.2, 0) is 6.54 Å². The summed E-state index contributed by atoms with van der Waals surface area (Å²) in [6.07, 6.45) is 0. The third-order valence-electron chi connectivity index (χ3n) is 3.02. The Hall–Kier alpha value is -1.46. The minimum Gasteiger partial charge on any atom is -0.376 e. The van der Waals surface area contributed by atoms with E-state index < -0.39 is 11.6 Å². The van der Waals surface area contributed by atoms with Crippen LogP contribution in [0.2, 0.25) is 0 Å². The number of anilines is 1. The smallest absolute Gasteiger partial charge is 0.150 e. The van der Waals surface area contributed by atoms with Gasteiger partial charge in [-0.15, -0.1) is 11.3 Å². The van der Waals surface area contributed by atoms with E-state index in [1.54, 1.807) is 11.3 Å². The van der Waals surface area contributed by atoms with E-state index in [0.717, 1.165) is 10.9 Å². The third kappa shape index (κ3) is 2.55. The second-order valence-corrected chi connectivity index (χ2v) is 6.18. The topological polar surface area (TPSA) is 12.0 Å². The fraction of sp³-hybridized carbons (Fsp3) is 0.0667. The fourth-order valence-corrected chi connectivity index (χ4v) is 3.43. The molecule has 0 fully saturated rings. The van der Waals surface area contributed by atoms with Gasteiger partial charge in [0, 0.05) is 15.7 Å². The van der Waals surface area contributed by atoms with Crippen molar-refractivity contribution in [1.82, 2.24) is 0 Å². The highest BCUT2D eigenvalue weighted by atomic mass is 79.9. The van der Waals surface area contributed by atoms with Gasteiger partial charge in [0.05, 0.1) is 0 Å². The van der Waals surface area contributed by atoms with Crippen LogP contribution in [0.3, 0.4) is 0 Å². The van der Waals surface area contributed by atoms with Crippen LogP contribution >= 0.6 is 27.3 Å². The van der Waals surface area contributed by atoms with Crippen molar-refractivity contribution >= 4 is 43.0 Å². The monoisotopic (exact) mass is 353 g/mol. The van der Waals surface area contributed by atoms with Gasteiger partial charge in [-0.1, -0.05) is 34.1 Å². The molecule has 0 aliphatic rings. The van der Waals surface area contributed by atoms with Crippen molar-refractivity contribution in [2.75, 3.05) is 5.32 Å². The van der Waals surface area contributed by atoms with Crippen LogP contribution in [0.1, 0.15) is 5.56 Å². The molecule has 0 saturated heterocycles. The lowest BCUT2D eigenvalue weighted by Crippen LogP contribution is -2.03. The summed E-state index contributed by atoms with van der Waals surface area (Å²) in [5.41, 5.74) is 0.941. The normalized spacial score (nSPS) is 10.9. The largest absolute Gasteiger partial charge is 0.376 e. The van der Waals surface area contributed by atoms with Crippen molar-refractivity contribution in [3.63, 3.8) is 0 Å². The molecule has 0 spiro atoms. The second-order valence-electron chi connectivity index (χ2n) is 4.36. The first-order chi connectivity index (χ1) is 9.65. The molecule has 0 atom stereocenters. The molecule has 0 unspecified atom stereocenters. The van der Waals surface area contributed by atoms with Crippen LogP contribution in [0.4, 0.5) is 14.5 Å². The van der Waals surface area contributed by atoms with Crippen molar-refractivity contribution in [3.8, 4) is 0 Å². The molecule has 102 valence electrons. The van der Waals surface area contributed by atoms with Crippen LogP contribution in [0, 0.1) is 11.6 Å². The molecular weight excluding hydrogens is 344 g/mol. The summed E-state index contributed by atoms with van der Waals surface area (Å²) in [5.74, 6) is -1.20. The number of hydrogen-bond acceptors (Lipinski definition) is 2. The van der Waals surface area contributed by atoms with Crippen molar-refractivity contribution in [1.29, 1.82) is 0 Å². The second kappa shape index (κ2) is 5.50. The molecule has 3 rings (SSSR count). The number of hydrogen-bond donors (Lipinski definition) is 1. The SMILES string of the molecule is Fc1cc(Br)cc(F)c1NCc1csc2ccccc12. The molecule has 0 amide bonds. The van der Waals surface area contributed by atoms with E-state index >= 15 is 0 Å². The van der Waals surface area contributed by atoms with Crippen LogP contribution in [0.15, 0.2) is 46.3 Å². The molecule has 0 saturated carbocycles. The molecule has 1 heterocycles. The summed E-state index contributed by atoms with van der Waals surface area (Å²) in [7, 11) is 0. The van der Waals surface area contributed by atoms with E-state index in [9.17, 15) is 8.78 Å². The van der Waals surface area contributed by atoms with Crippen LogP contribution in [0.25, 0.3) is 10.1 Å². The van der Waals surface area contributed by atoms with Gasteiger partial charge >= 0.3 is 0 Å². The molecule has 2 aromatic carbocycles. The molecule has 20 heavy (non-hydrogen) atoms. The summed E-state index contributed by atoms with van der Waals surface area (Å²) in [6.45, 7) is 0.388. The van der Waals surface area contributed by atoms with Gasteiger partial charge in [0.1, 0.15) is 17.3 Å². The van der Waals surface area contributed by atoms with E-state index in [1.807, 2.05) is 29.6 Å². The van der Waals surface area contributed by atoms with Gasteiger partial charge in [-0.05, 0) is 34.5 Å². The van der Waals surface area contributed by atoms with E-state index in [1.165, 1.54) is 16.8 Å². The average Bonchev–Trinajstić information content (AvgIpc) is 2.81. The molecule has 0 aliphatic heterocycles. The lowest BCUT2D eigenvalue weighted by Gasteiger charge is -2.09. The predicted octanol–water partition coefficient (Wildman–Crippen LogP) is 5.55. The minimum atomic E-state index is -0.601. The van der Waals surface area contributed by atoms with Gasteiger partial charge in [-0.25, -0.2) is 8.78 Å². The number of halogens is 3. The number of benzene rings is 2. The van der Waals surface area contributed by atoms with E-state index in [4.69, 9.17) is 0 Å². The minimum absolute atomic E-state index is 0.0940. The highest BCUT2D eigenvalue weighted by molar-refractivity contribution is 9.10. The Labute approximate surface area is 127 Å². The predicted molar refractivity (Wildman–Crippen MR) is 83.2 cm³/mol. The van der Waals surface area contributed by atoms with Crippen LogP contribution in [0.5, 0.6) is 0 Å². The van der Waals surface area contributed by atoms with Crippen LogP contribution < -0.4 is 5.32 Å². The standard InChI is InChI=1S/C15H10BrF2NS/c16-10-5-12(17)15(13(18)6-10)19-7-9-8-20-14-4-2-1-3-11(9)14/h1-6,8,19H,7H2. The van der Waals surface area contributed by atoms with Crippen molar-refractivity contribution in [3.05, 3.63) is 63.4 Å². The van der Waals surface area contributed by atoms with Crippen molar-refractivity contribution < 1.29 is 8.78 Å². The molecule has 0 radical (unpaired) electrons. The molecule has 0 aliphatic carbocycles. The first-order valence-electron chi connectivity index (χ1n) is 5.98. The molecule has 3 aromatic rings. The summed E-state index contributed by atoms with van der Waals surface area (Å²) in [6, 6.07) is 10.5. The Morgan fingerprint density at radius 3 is 2.55 bits per heavy atom. The lowest BCUT2D eigenvalue weighted by molar-refractivity contribution is 0.586. The highest BCUT2D eigenvalue weighted by Crippen LogP contribution is 2.28. The van der Waals surface area contributed by atoms with Gasteiger partial charge in [-0.3, -0.25) is 0 Å². The first-order valence-corrected chi connectivity index (χ1v) is 7.66. The number of rotatable bonds is 3. The van der Waals surface area contributed by atoms with E-state index in [-0.39, 0.29) is 5.69 Å². The Morgan fingerprint density at radius 2 is 1.80 bits per heavy atom. The van der Waals surface area contributed by atoms with Gasteiger partial charge < -0.3 is 5.32 Å². The maximum Gasteiger partial charge on any atom is 0.150 e. The molecular formula is C15H10BrF2NS. The quantitative estimate of drug-likeness (QED) is 0.650. The number of fused-ring (bicyclic) bond motifs is 1. The average molecular weight is 354 g/mol. The van der Waals surface area contributed by atoms with Gasteiger partial charge in [0.2, 0.25) is 0 Å². The summed E-state index contributed by atoms with van der Waals surface area (Å²) >= 11 is 4.69. The van der Waals surface area contributed by atoms with Crippen LogP contribution in [-0.4, -0.2) is 0 Å². The maximum atomic E-state index is 13.7. The highest BCUT2D eigenvalue weighted by Gasteiger charge is 2.11. The number of thiophene rings is 1. The van der Waals surface area contributed by atoms with E-state index in [2.05, 4.69) is 21.2 Å². The van der Waals surface area contributed by atoms with Gasteiger partial charge in [-0.2, -0.15) is 0 Å². The van der Waals surface area contributed by atoms with Gasteiger partial charge in [0.15, 0.2) is 0 Å². The Morgan fingerprint density at radius 1 is 1.10 bits per heavy atom. The van der Waals surface area contributed by atoms with Crippen molar-refractivity contribution in [2.45, 2.75) is 6.54 Å². The van der Waals surface area contributed by atoms with E-state index in [0.29, 0.717) is 11.0 Å². The fourth-order valence-electron chi connectivity index (χ4n) is 2.06. The van der Waals surface area contributed by atoms with Crippen molar-refractivity contribution in [2.24, 2.45) is 0 Å². The zero-order valence-corrected chi connectivity index (χ0v) is 12.7.